The third-order valence-electron chi connectivity index (χ3n) is 6.57. The van der Waals surface area contributed by atoms with Crippen LogP contribution >= 0.6 is 0 Å². The number of rotatable bonds is 7. The highest BCUT2D eigenvalue weighted by Gasteiger charge is 2.27. The summed E-state index contributed by atoms with van der Waals surface area (Å²) in [6.45, 7) is 6.98. The van der Waals surface area contributed by atoms with E-state index in [4.69, 9.17) is 9.15 Å². The molecule has 0 aliphatic heterocycles. The van der Waals surface area contributed by atoms with E-state index in [0.29, 0.717) is 30.6 Å². The number of benzene rings is 2. The van der Waals surface area contributed by atoms with Gasteiger partial charge in [-0.25, -0.2) is 9.78 Å². The van der Waals surface area contributed by atoms with Gasteiger partial charge in [-0.3, -0.25) is 4.79 Å². The molecule has 35 heavy (non-hydrogen) atoms. The standard InChI is InChI=1S/C28H33N3O4/c1-4-34-27(32)22-8-6-20(7-9-22)16-29-28(33)30-23-12-10-21(11-13-23)26-31-25(17-35-26)24-14-5-18(2)15-19(24)3/h5,10-15,17,20,22H,4,6-9,16H2,1-3H3,(H2,29,30,33). The molecule has 3 aromatic rings. The van der Waals surface area contributed by atoms with Gasteiger partial charge in [0.25, 0.3) is 0 Å². The van der Waals surface area contributed by atoms with E-state index in [1.54, 1.807) is 6.26 Å². The van der Waals surface area contributed by atoms with Crippen molar-refractivity contribution in [2.75, 3.05) is 18.5 Å². The van der Waals surface area contributed by atoms with E-state index in [-0.39, 0.29) is 17.9 Å². The summed E-state index contributed by atoms with van der Waals surface area (Å²) < 4.78 is 10.8. The SMILES string of the molecule is CCOC(=O)C1CCC(CNC(=O)Nc2ccc(-c3nc(-c4ccc(C)cc4C)co3)cc2)CC1. The summed E-state index contributed by atoms with van der Waals surface area (Å²) in [6, 6.07) is 13.4. The third kappa shape index (κ3) is 6.29. The Labute approximate surface area is 206 Å². The van der Waals surface area contributed by atoms with E-state index < -0.39 is 0 Å². The first kappa shape index (κ1) is 24.5. The van der Waals surface area contributed by atoms with Crippen LogP contribution in [0.2, 0.25) is 0 Å². The number of oxazole rings is 1. The zero-order valence-corrected chi connectivity index (χ0v) is 20.6. The number of urea groups is 1. The number of hydrogen-bond donors (Lipinski definition) is 2. The predicted octanol–water partition coefficient (Wildman–Crippen LogP) is 6.12. The lowest BCUT2D eigenvalue weighted by Crippen LogP contribution is -2.35. The summed E-state index contributed by atoms with van der Waals surface area (Å²) in [5.74, 6) is 0.824. The number of hydrogen-bond acceptors (Lipinski definition) is 5. The number of ether oxygens (including phenoxy) is 1. The van der Waals surface area contributed by atoms with Crippen LogP contribution in [0, 0.1) is 25.7 Å². The Morgan fingerprint density at radius 3 is 2.49 bits per heavy atom. The molecule has 0 atom stereocenters. The van der Waals surface area contributed by atoms with Gasteiger partial charge in [0.1, 0.15) is 12.0 Å². The van der Waals surface area contributed by atoms with Crippen LogP contribution in [0.3, 0.4) is 0 Å². The maximum absolute atomic E-state index is 12.4. The Morgan fingerprint density at radius 1 is 1.06 bits per heavy atom. The molecule has 184 valence electrons. The van der Waals surface area contributed by atoms with Gasteiger partial charge in [0.15, 0.2) is 0 Å². The average molecular weight is 476 g/mol. The molecule has 1 saturated carbocycles. The number of carbonyl (C=O) groups excluding carboxylic acids is 2. The molecule has 1 heterocycles. The smallest absolute Gasteiger partial charge is 0.319 e. The minimum absolute atomic E-state index is 0.000754. The number of nitrogens with zero attached hydrogens (tertiary/aromatic N) is 1. The van der Waals surface area contributed by atoms with E-state index in [1.165, 1.54) is 5.56 Å². The molecule has 2 amide bonds. The molecule has 1 aromatic heterocycles. The molecule has 1 fully saturated rings. The van der Waals surface area contributed by atoms with Crippen molar-refractivity contribution >= 4 is 17.7 Å². The van der Waals surface area contributed by atoms with Crippen molar-refractivity contribution in [3.05, 3.63) is 59.9 Å². The highest BCUT2D eigenvalue weighted by atomic mass is 16.5. The van der Waals surface area contributed by atoms with Gasteiger partial charge in [0, 0.05) is 23.4 Å². The van der Waals surface area contributed by atoms with Gasteiger partial charge in [0.05, 0.1) is 12.5 Å². The van der Waals surface area contributed by atoms with Crippen LogP contribution in [0.4, 0.5) is 10.5 Å². The maximum Gasteiger partial charge on any atom is 0.319 e. The van der Waals surface area contributed by atoms with Crippen LogP contribution in [0.15, 0.2) is 53.1 Å². The summed E-state index contributed by atoms with van der Waals surface area (Å²) in [4.78, 5) is 28.9. The second-order valence-electron chi connectivity index (χ2n) is 9.24. The summed E-state index contributed by atoms with van der Waals surface area (Å²) in [5.41, 5.74) is 5.75. The first-order valence-corrected chi connectivity index (χ1v) is 12.3. The molecule has 0 saturated heterocycles. The van der Waals surface area contributed by atoms with E-state index in [9.17, 15) is 9.59 Å². The monoisotopic (exact) mass is 475 g/mol. The van der Waals surface area contributed by atoms with Crippen molar-refractivity contribution in [1.82, 2.24) is 10.3 Å². The van der Waals surface area contributed by atoms with E-state index in [1.807, 2.05) is 31.2 Å². The van der Waals surface area contributed by atoms with Gasteiger partial charge in [-0.2, -0.15) is 0 Å². The molecule has 0 bridgehead atoms. The highest BCUT2D eigenvalue weighted by molar-refractivity contribution is 5.89. The minimum Gasteiger partial charge on any atom is -0.466 e. The second kappa shape index (κ2) is 11.2. The predicted molar refractivity (Wildman–Crippen MR) is 136 cm³/mol. The Balaban J connectivity index is 1.26. The third-order valence-corrected chi connectivity index (χ3v) is 6.57. The van der Waals surface area contributed by atoms with Gasteiger partial charge in [-0.05, 0) is 82.2 Å². The maximum atomic E-state index is 12.4. The van der Waals surface area contributed by atoms with E-state index in [0.717, 1.165) is 48.1 Å². The summed E-state index contributed by atoms with van der Waals surface area (Å²) in [5, 5.41) is 5.82. The molecule has 1 aliphatic rings. The van der Waals surface area contributed by atoms with Gasteiger partial charge >= 0.3 is 12.0 Å². The van der Waals surface area contributed by atoms with Crippen molar-refractivity contribution in [3.8, 4) is 22.7 Å². The minimum atomic E-state index is -0.237. The fourth-order valence-corrected chi connectivity index (χ4v) is 4.60. The lowest BCUT2D eigenvalue weighted by Gasteiger charge is -2.27. The Hall–Kier alpha value is -3.61. The lowest BCUT2D eigenvalue weighted by atomic mass is 9.82. The molecule has 7 heteroatoms. The topological polar surface area (TPSA) is 93.5 Å². The Morgan fingerprint density at radius 2 is 1.80 bits per heavy atom. The Bertz CT molecular complexity index is 1160. The van der Waals surface area contributed by atoms with Gasteiger partial charge in [-0.1, -0.05) is 23.8 Å². The number of esters is 1. The van der Waals surface area contributed by atoms with Crippen molar-refractivity contribution < 1.29 is 18.7 Å². The first-order valence-electron chi connectivity index (χ1n) is 12.3. The Kier molecular flexibility index (Phi) is 7.85. The van der Waals surface area contributed by atoms with Gasteiger partial charge < -0.3 is 19.8 Å². The molecule has 7 nitrogen and oxygen atoms in total. The highest BCUT2D eigenvalue weighted by Crippen LogP contribution is 2.30. The average Bonchev–Trinajstić information content (AvgIpc) is 3.33. The fraction of sp³-hybridized carbons (Fsp3) is 0.393. The van der Waals surface area contributed by atoms with Crippen LogP contribution in [-0.4, -0.2) is 30.1 Å². The molecule has 1 aliphatic carbocycles. The van der Waals surface area contributed by atoms with E-state index in [2.05, 4.69) is 47.7 Å². The molecule has 0 radical (unpaired) electrons. The van der Waals surface area contributed by atoms with Crippen LogP contribution < -0.4 is 10.6 Å². The second-order valence-corrected chi connectivity index (χ2v) is 9.24. The number of aryl methyl sites for hydroxylation is 2. The largest absolute Gasteiger partial charge is 0.466 e. The van der Waals surface area contributed by atoms with Crippen molar-refractivity contribution in [2.45, 2.75) is 46.5 Å². The fourth-order valence-electron chi connectivity index (χ4n) is 4.60. The lowest BCUT2D eigenvalue weighted by molar-refractivity contribution is -0.149. The van der Waals surface area contributed by atoms with Crippen LogP contribution in [0.1, 0.15) is 43.7 Å². The molecule has 0 unspecified atom stereocenters. The molecule has 2 aromatic carbocycles. The zero-order chi connectivity index (χ0) is 24.8. The van der Waals surface area contributed by atoms with Crippen LogP contribution in [0.25, 0.3) is 22.7 Å². The summed E-state index contributed by atoms with van der Waals surface area (Å²) >= 11 is 0. The van der Waals surface area contributed by atoms with Crippen LogP contribution in [0.5, 0.6) is 0 Å². The van der Waals surface area contributed by atoms with Crippen LogP contribution in [-0.2, 0) is 9.53 Å². The van der Waals surface area contributed by atoms with Gasteiger partial charge in [0.2, 0.25) is 5.89 Å². The molecule has 0 spiro atoms. The van der Waals surface area contributed by atoms with Gasteiger partial charge in [-0.15, -0.1) is 0 Å². The normalized spacial score (nSPS) is 17.6. The van der Waals surface area contributed by atoms with Crippen molar-refractivity contribution in [2.24, 2.45) is 11.8 Å². The summed E-state index contributed by atoms with van der Waals surface area (Å²) in [6.07, 6.45) is 5.14. The number of carbonyl (C=O) groups is 2. The van der Waals surface area contributed by atoms with Crippen molar-refractivity contribution in [3.63, 3.8) is 0 Å². The molecular weight excluding hydrogens is 442 g/mol. The summed E-state index contributed by atoms with van der Waals surface area (Å²) in [7, 11) is 0. The number of amides is 2. The number of aromatic nitrogens is 1. The van der Waals surface area contributed by atoms with Crippen molar-refractivity contribution in [1.29, 1.82) is 0 Å². The molecule has 2 N–H and O–H groups in total. The zero-order valence-electron chi connectivity index (χ0n) is 20.6. The molecular formula is C28H33N3O4. The first-order chi connectivity index (χ1) is 16.9. The van der Waals surface area contributed by atoms with E-state index >= 15 is 0 Å². The molecule has 4 rings (SSSR count). The quantitative estimate of drug-likeness (QED) is 0.402. The number of anilines is 1. The number of nitrogens with one attached hydrogen (secondary N) is 2.